The molecule has 1 aromatic carbocycles. The van der Waals surface area contributed by atoms with Gasteiger partial charge in [-0.1, -0.05) is 12.1 Å². The number of pyridine rings is 1. The number of alkyl halides is 3. The molecule has 0 saturated carbocycles. The maximum atomic E-state index is 12.8. The lowest BCUT2D eigenvalue weighted by molar-refractivity contribution is -0.137. The summed E-state index contributed by atoms with van der Waals surface area (Å²) in [5.74, 6) is 0.316. The standard InChI is InChI=1S/C19H19F3N4O/c1-3-25(4-2)16(27)12-26-17(24-15-6-5-11-23-18(15)26)13-7-9-14(10-8-13)19(20,21)22/h5-11H,3-4,12H2,1-2H3. The van der Waals surface area contributed by atoms with Gasteiger partial charge < -0.3 is 4.90 Å². The molecule has 3 rings (SSSR count). The summed E-state index contributed by atoms with van der Waals surface area (Å²) in [6.45, 7) is 4.95. The number of fused-ring (bicyclic) bond motifs is 1. The molecule has 0 aliphatic rings. The fraction of sp³-hybridized carbons (Fsp3) is 0.316. The Labute approximate surface area is 154 Å². The van der Waals surface area contributed by atoms with Crippen molar-refractivity contribution in [2.24, 2.45) is 0 Å². The minimum atomic E-state index is -4.40. The Morgan fingerprint density at radius 2 is 1.78 bits per heavy atom. The highest BCUT2D eigenvalue weighted by Crippen LogP contribution is 2.31. The van der Waals surface area contributed by atoms with Gasteiger partial charge in [0.25, 0.3) is 0 Å². The zero-order valence-corrected chi connectivity index (χ0v) is 15.0. The molecule has 8 heteroatoms. The van der Waals surface area contributed by atoms with Crippen molar-refractivity contribution in [1.82, 2.24) is 19.4 Å². The largest absolute Gasteiger partial charge is 0.416 e. The average Bonchev–Trinajstić information content (AvgIpc) is 3.01. The van der Waals surface area contributed by atoms with Crippen LogP contribution in [0.15, 0.2) is 42.6 Å². The Morgan fingerprint density at radius 1 is 1.11 bits per heavy atom. The zero-order chi connectivity index (χ0) is 19.6. The van der Waals surface area contributed by atoms with E-state index >= 15 is 0 Å². The first kappa shape index (κ1) is 18.9. The van der Waals surface area contributed by atoms with Crippen LogP contribution in [-0.4, -0.2) is 38.4 Å². The van der Waals surface area contributed by atoms with Crippen molar-refractivity contribution < 1.29 is 18.0 Å². The summed E-state index contributed by atoms with van der Waals surface area (Å²) in [6, 6.07) is 8.24. The fourth-order valence-electron chi connectivity index (χ4n) is 2.95. The van der Waals surface area contributed by atoms with Gasteiger partial charge in [0.15, 0.2) is 5.65 Å². The summed E-state index contributed by atoms with van der Waals surface area (Å²) >= 11 is 0. The van der Waals surface area contributed by atoms with Gasteiger partial charge in [-0.3, -0.25) is 9.36 Å². The summed E-state index contributed by atoms with van der Waals surface area (Å²) in [5.41, 5.74) is 0.868. The average molecular weight is 376 g/mol. The number of carbonyl (C=O) groups excluding carboxylic acids is 1. The van der Waals surface area contributed by atoms with Crippen LogP contribution in [0.1, 0.15) is 19.4 Å². The highest BCUT2D eigenvalue weighted by atomic mass is 19.4. The second kappa shape index (κ2) is 7.38. The highest BCUT2D eigenvalue weighted by molar-refractivity contribution is 5.82. The van der Waals surface area contributed by atoms with Crippen molar-refractivity contribution in [2.75, 3.05) is 13.1 Å². The number of aromatic nitrogens is 3. The third kappa shape index (κ3) is 3.79. The Bertz CT molecular complexity index is 944. The van der Waals surface area contributed by atoms with Crippen LogP contribution in [-0.2, 0) is 17.5 Å². The van der Waals surface area contributed by atoms with Crippen LogP contribution in [0.5, 0.6) is 0 Å². The van der Waals surface area contributed by atoms with Gasteiger partial charge in [0.1, 0.15) is 17.9 Å². The molecule has 0 atom stereocenters. The van der Waals surface area contributed by atoms with Crippen LogP contribution in [0.25, 0.3) is 22.6 Å². The molecule has 2 aromatic heterocycles. The molecule has 27 heavy (non-hydrogen) atoms. The van der Waals surface area contributed by atoms with E-state index in [1.165, 1.54) is 12.1 Å². The number of benzene rings is 1. The molecule has 5 nitrogen and oxygen atoms in total. The van der Waals surface area contributed by atoms with Crippen molar-refractivity contribution in [1.29, 1.82) is 0 Å². The molecular formula is C19H19F3N4O. The van der Waals surface area contributed by atoms with Crippen molar-refractivity contribution in [3.05, 3.63) is 48.2 Å². The normalized spacial score (nSPS) is 11.7. The molecule has 142 valence electrons. The zero-order valence-electron chi connectivity index (χ0n) is 15.0. The predicted octanol–water partition coefficient (Wildman–Crippen LogP) is 3.99. The molecular weight excluding hydrogens is 357 g/mol. The van der Waals surface area contributed by atoms with Gasteiger partial charge in [0.2, 0.25) is 5.91 Å². The molecule has 3 aromatic rings. The third-order valence-electron chi connectivity index (χ3n) is 4.38. The van der Waals surface area contributed by atoms with Crippen molar-refractivity contribution in [2.45, 2.75) is 26.6 Å². The van der Waals surface area contributed by atoms with Crippen LogP contribution in [0, 0.1) is 0 Å². The minimum absolute atomic E-state index is 0.0194. The maximum absolute atomic E-state index is 12.8. The number of imidazole rings is 1. The van der Waals surface area contributed by atoms with E-state index in [2.05, 4.69) is 9.97 Å². The van der Waals surface area contributed by atoms with Crippen molar-refractivity contribution in [3.8, 4) is 11.4 Å². The van der Waals surface area contributed by atoms with Crippen LogP contribution < -0.4 is 0 Å². The summed E-state index contributed by atoms with van der Waals surface area (Å²) in [4.78, 5) is 23.1. The molecule has 0 aliphatic carbocycles. The fourth-order valence-corrected chi connectivity index (χ4v) is 2.95. The van der Waals surface area contributed by atoms with Crippen LogP contribution in [0.2, 0.25) is 0 Å². The van der Waals surface area contributed by atoms with Crippen molar-refractivity contribution >= 4 is 17.1 Å². The first-order valence-electron chi connectivity index (χ1n) is 8.61. The highest BCUT2D eigenvalue weighted by Gasteiger charge is 2.30. The maximum Gasteiger partial charge on any atom is 0.416 e. The number of rotatable bonds is 5. The van der Waals surface area contributed by atoms with Crippen molar-refractivity contribution in [3.63, 3.8) is 0 Å². The molecule has 0 radical (unpaired) electrons. The quantitative estimate of drug-likeness (QED) is 0.677. The molecule has 0 unspecified atom stereocenters. The first-order chi connectivity index (χ1) is 12.8. The first-order valence-corrected chi connectivity index (χ1v) is 8.61. The van der Waals surface area contributed by atoms with Gasteiger partial charge in [-0.05, 0) is 38.1 Å². The molecule has 0 saturated heterocycles. The lowest BCUT2D eigenvalue weighted by atomic mass is 10.1. The van der Waals surface area contributed by atoms with E-state index in [4.69, 9.17) is 0 Å². The minimum Gasteiger partial charge on any atom is -0.342 e. The predicted molar refractivity (Wildman–Crippen MR) is 95.9 cm³/mol. The summed E-state index contributed by atoms with van der Waals surface area (Å²) in [7, 11) is 0. The number of amides is 1. The topological polar surface area (TPSA) is 51.0 Å². The molecule has 0 bridgehead atoms. The van der Waals surface area contributed by atoms with E-state index in [9.17, 15) is 18.0 Å². The summed E-state index contributed by atoms with van der Waals surface area (Å²) in [5, 5.41) is 0. The molecule has 0 aliphatic heterocycles. The number of nitrogens with zero attached hydrogens (tertiary/aromatic N) is 4. The SMILES string of the molecule is CCN(CC)C(=O)Cn1c(-c2ccc(C(F)(F)F)cc2)nc2cccnc21. The Kier molecular flexibility index (Phi) is 5.16. The van der Waals surface area contributed by atoms with Gasteiger partial charge in [0, 0.05) is 24.8 Å². The van der Waals surface area contributed by atoms with Gasteiger partial charge in [-0.25, -0.2) is 9.97 Å². The van der Waals surface area contributed by atoms with Gasteiger partial charge in [0.05, 0.1) is 5.56 Å². The van der Waals surface area contributed by atoms with E-state index in [0.29, 0.717) is 35.6 Å². The Hall–Kier alpha value is -2.90. The van der Waals surface area contributed by atoms with Crippen LogP contribution >= 0.6 is 0 Å². The molecule has 0 fully saturated rings. The second-order valence-corrected chi connectivity index (χ2v) is 6.01. The van der Waals surface area contributed by atoms with Crippen LogP contribution in [0.3, 0.4) is 0 Å². The molecule has 0 spiro atoms. The summed E-state index contributed by atoms with van der Waals surface area (Å²) < 4.78 is 40.1. The van der Waals surface area contributed by atoms with Crippen LogP contribution in [0.4, 0.5) is 13.2 Å². The molecule has 2 heterocycles. The van der Waals surface area contributed by atoms with E-state index in [0.717, 1.165) is 12.1 Å². The number of likely N-dealkylation sites (N-methyl/N-ethyl adjacent to an activating group) is 1. The van der Waals surface area contributed by atoms with Gasteiger partial charge in [-0.2, -0.15) is 13.2 Å². The Balaban J connectivity index is 2.06. The van der Waals surface area contributed by atoms with E-state index in [-0.39, 0.29) is 12.5 Å². The molecule has 0 N–H and O–H groups in total. The Morgan fingerprint density at radius 3 is 2.37 bits per heavy atom. The third-order valence-corrected chi connectivity index (χ3v) is 4.38. The van der Waals surface area contributed by atoms with E-state index in [1.807, 2.05) is 13.8 Å². The lowest BCUT2D eigenvalue weighted by Crippen LogP contribution is -2.33. The number of hydrogen-bond acceptors (Lipinski definition) is 3. The van der Waals surface area contributed by atoms with Gasteiger partial charge in [-0.15, -0.1) is 0 Å². The lowest BCUT2D eigenvalue weighted by Gasteiger charge is -2.19. The molecule has 1 amide bonds. The smallest absolute Gasteiger partial charge is 0.342 e. The van der Waals surface area contributed by atoms with E-state index < -0.39 is 11.7 Å². The summed E-state index contributed by atoms with van der Waals surface area (Å²) in [6.07, 6.45) is -2.81. The second-order valence-electron chi connectivity index (χ2n) is 6.01. The number of carbonyl (C=O) groups is 1. The number of halogens is 3. The van der Waals surface area contributed by atoms with E-state index in [1.54, 1.807) is 27.8 Å². The monoisotopic (exact) mass is 376 g/mol. The number of hydrogen-bond donors (Lipinski definition) is 0. The van der Waals surface area contributed by atoms with Gasteiger partial charge >= 0.3 is 6.18 Å².